The second-order valence-corrected chi connectivity index (χ2v) is 7.17. The number of aryl methyl sites for hydroxylation is 1. The zero-order valence-electron chi connectivity index (χ0n) is 13.0. The van der Waals surface area contributed by atoms with E-state index in [9.17, 15) is 0 Å². The van der Waals surface area contributed by atoms with Gasteiger partial charge in [0.2, 0.25) is 0 Å². The van der Waals surface area contributed by atoms with E-state index in [1.165, 1.54) is 21.1 Å². The first-order chi connectivity index (χ1) is 10.7. The van der Waals surface area contributed by atoms with Gasteiger partial charge in [-0.05, 0) is 26.1 Å². The lowest BCUT2D eigenvalue weighted by atomic mass is 10.2. The van der Waals surface area contributed by atoms with Crippen molar-refractivity contribution in [3.05, 3.63) is 34.7 Å². The van der Waals surface area contributed by atoms with E-state index in [0.29, 0.717) is 0 Å². The van der Waals surface area contributed by atoms with Gasteiger partial charge in [-0.2, -0.15) is 0 Å². The zero-order chi connectivity index (χ0) is 15.1. The van der Waals surface area contributed by atoms with Crippen LogP contribution in [0.25, 0.3) is 0 Å². The Hall–Kier alpha value is -1.85. The molecule has 0 aliphatic carbocycles. The summed E-state index contributed by atoms with van der Waals surface area (Å²) in [5.74, 6) is 0. The van der Waals surface area contributed by atoms with Crippen LogP contribution >= 0.6 is 11.3 Å². The van der Waals surface area contributed by atoms with E-state index in [1.54, 1.807) is 0 Å². The molecule has 2 aromatic rings. The topological polar surface area (TPSA) is 30.9 Å². The van der Waals surface area contributed by atoms with Gasteiger partial charge in [-0.25, -0.2) is 0 Å². The summed E-state index contributed by atoms with van der Waals surface area (Å²) in [6.45, 7) is 6.63. The third-order valence-corrected chi connectivity index (χ3v) is 5.42. The molecule has 1 saturated heterocycles. The molecule has 22 heavy (non-hydrogen) atoms. The van der Waals surface area contributed by atoms with Crippen LogP contribution in [0.5, 0.6) is 0 Å². The summed E-state index contributed by atoms with van der Waals surface area (Å²) in [5.41, 5.74) is 4.69. The number of likely N-dealkylation sites (N-methyl/N-ethyl adjacent to an activating group) is 1. The molecular formula is C17H20N4S. The predicted molar refractivity (Wildman–Crippen MR) is 95.7 cm³/mol. The standard InChI is InChI=1S/C17H20N4S/c1-12-16(21-9-7-20(2)8-10-21)13-11-18-14-5-3-4-6-15(14)19-17(13)22-12/h3-6,11,19H,7-10H2,1-2H3. The number of anilines is 3. The number of hydrogen-bond donors (Lipinski definition) is 1. The van der Waals surface area contributed by atoms with Gasteiger partial charge in [-0.15, -0.1) is 11.3 Å². The van der Waals surface area contributed by atoms with Gasteiger partial charge in [0.05, 0.1) is 22.6 Å². The zero-order valence-corrected chi connectivity index (χ0v) is 13.8. The van der Waals surface area contributed by atoms with Crippen LogP contribution < -0.4 is 10.2 Å². The summed E-state index contributed by atoms with van der Waals surface area (Å²) >= 11 is 1.83. The number of hydrogen-bond acceptors (Lipinski definition) is 5. The molecule has 1 fully saturated rings. The first-order valence-electron chi connectivity index (χ1n) is 7.69. The molecule has 114 valence electrons. The maximum absolute atomic E-state index is 4.69. The van der Waals surface area contributed by atoms with E-state index >= 15 is 0 Å². The minimum Gasteiger partial charge on any atom is -0.367 e. The molecule has 3 heterocycles. The van der Waals surface area contributed by atoms with E-state index in [1.807, 2.05) is 29.7 Å². The van der Waals surface area contributed by atoms with Gasteiger partial charge in [0.1, 0.15) is 5.00 Å². The Morgan fingerprint density at radius 1 is 1.14 bits per heavy atom. The number of aliphatic imine (C=N–C) groups is 1. The Bertz CT molecular complexity index is 726. The molecule has 2 aliphatic heterocycles. The van der Waals surface area contributed by atoms with Gasteiger partial charge in [0.15, 0.2) is 0 Å². The number of benzene rings is 1. The van der Waals surface area contributed by atoms with Gasteiger partial charge >= 0.3 is 0 Å². The highest BCUT2D eigenvalue weighted by atomic mass is 32.1. The van der Waals surface area contributed by atoms with E-state index in [2.05, 4.69) is 41.2 Å². The Labute approximate surface area is 135 Å². The minimum atomic E-state index is 1.01. The van der Waals surface area contributed by atoms with E-state index in [0.717, 1.165) is 37.6 Å². The average molecular weight is 312 g/mol. The third kappa shape index (κ3) is 2.30. The molecule has 2 aliphatic rings. The molecular weight excluding hydrogens is 292 g/mol. The smallest absolute Gasteiger partial charge is 0.104 e. The summed E-state index contributed by atoms with van der Waals surface area (Å²) in [5, 5.41) is 4.78. The molecule has 1 aromatic heterocycles. The van der Waals surface area contributed by atoms with Crippen molar-refractivity contribution in [1.82, 2.24) is 4.90 Å². The van der Waals surface area contributed by atoms with Crippen LogP contribution in [0.2, 0.25) is 0 Å². The Kier molecular flexibility index (Phi) is 3.39. The van der Waals surface area contributed by atoms with Gasteiger partial charge in [-0.1, -0.05) is 12.1 Å². The van der Waals surface area contributed by atoms with E-state index in [4.69, 9.17) is 4.99 Å². The largest absolute Gasteiger partial charge is 0.367 e. The molecule has 4 nitrogen and oxygen atoms in total. The monoisotopic (exact) mass is 312 g/mol. The number of para-hydroxylation sites is 2. The summed E-state index contributed by atoms with van der Waals surface area (Å²) in [6, 6.07) is 8.22. The molecule has 4 rings (SSSR count). The summed E-state index contributed by atoms with van der Waals surface area (Å²) in [6.07, 6.45) is 2.03. The minimum absolute atomic E-state index is 1.01. The molecule has 0 unspecified atom stereocenters. The highest BCUT2D eigenvalue weighted by Gasteiger charge is 2.24. The number of thiophene rings is 1. The molecule has 1 N–H and O–H groups in total. The third-order valence-electron chi connectivity index (χ3n) is 4.39. The fourth-order valence-corrected chi connectivity index (χ4v) is 4.20. The number of rotatable bonds is 1. The molecule has 5 heteroatoms. The summed E-state index contributed by atoms with van der Waals surface area (Å²) in [4.78, 5) is 11.0. The van der Waals surface area contributed by atoms with Crippen LogP contribution in [0, 0.1) is 6.92 Å². The fourth-order valence-electron chi connectivity index (χ4n) is 3.14. The van der Waals surface area contributed by atoms with Crippen molar-refractivity contribution < 1.29 is 0 Å². The SMILES string of the molecule is Cc1sc2c(c1N1CCN(C)CC1)C=Nc1ccccc1N2. The number of nitrogens with one attached hydrogen (secondary N) is 1. The molecule has 1 aromatic carbocycles. The van der Waals surface area contributed by atoms with Crippen LogP contribution in [0.4, 0.5) is 22.1 Å². The van der Waals surface area contributed by atoms with Gasteiger partial charge < -0.3 is 15.1 Å². The number of nitrogens with zero attached hydrogens (tertiary/aromatic N) is 3. The van der Waals surface area contributed by atoms with Crippen molar-refractivity contribution in [3.63, 3.8) is 0 Å². The molecule has 0 spiro atoms. The van der Waals surface area contributed by atoms with Crippen LogP contribution in [0.1, 0.15) is 10.4 Å². The second kappa shape index (κ2) is 5.41. The Balaban J connectivity index is 1.74. The summed E-state index contributed by atoms with van der Waals surface area (Å²) < 4.78 is 0. The van der Waals surface area contributed by atoms with Crippen LogP contribution in [0.3, 0.4) is 0 Å². The lowest BCUT2D eigenvalue weighted by molar-refractivity contribution is 0.313. The average Bonchev–Trinajstić information content (AvgIpc) is 2.72. The Morgan fingerprint density at radius 2 is 1.91 bits per heavy atom. The molecule has 0 radical (unpaired) electrons. The number of fused-ring (bicyclic) bond motifs is 2. The van der Waals surface area contributed by atoms with Crippen molar-refractivity contribution in [1.29, 1.82) is 0 Å². The second-order valence-electron chi connectivity index (χ2n) is 5.94. The first-order valence-corrected chi connectivity index (χ1v) is 8.51. The quantitative estimate of drug-likeness (QED) is 0.744. The highest BCUT2D eigenvalue weighted by molar-refractivity contribution is 7.17. The van der Waals surface area contributed by atoms with E-state index < -0.39 is 0 Å². The summed E-state index contributed by atoms with van der Waals surface area (Å²) in [7, 11) is 2.19. The maximum Gasteiger partial charge on any atom is 0.104 e. The van der Waals surface area contributed by atoms with E-state index in [-0.39, 0.29) is 0 Å². The van der Waals surface area contributed by atoms with Crippen molar-refractivity contribution in [2.45, 2.75) is 6.92 Å². The van der Waals surface area contributed by atoms with Gasteiger partial charge in [0.25, 0.3) is 0 Å². The lowest BCUT2D eigenvalue weighted by Crippen LogP contribution is -2.44. The fraction of sp³-hybridized carbons (Fsp3) is 0.353. The van der Waals surface area contributed by atoms with Crippen LogP contribution in [0.15, 0.2) is 29.3 Å². The van der Waals surface area contributed by atoms with Crippen molar-refractivity contribution in [2.75, 3.05) is 43.4 Å². The maximum atomic E-state index is 4.69. The Morgan fingerprint density at radius 3 is 2.73 bits per heavy atom. The molecule has 0 atom stereocenters. The lowest BCUT2D eigenvalue weighted by Gasteiger charge is -2.34. The highest BCUT2D eigenvalue weighted by Crippen LogP contribution is 2.43. The van der Waals surface area contributed by atoms with Gasteiger partial charge in [-0.3, -0.25) is 4.99 Å². The molecule has 0 saturated carbocycles. The molecule has 0 bridgehead atoms. The predicted octanol–water partition coefficient (Wildman–Crippen LogP) is 3.62. The van der Waals surface area contributed by atoms with Crippen molar-refractivity contribution in [2.24, 2.45) is 4.99 Å². The van der Waals surface area contributed by atoms with Gasteiger partial charge in [0, 0.05) is 37.3 Å². The molecule has 0 amide bonds. The first kappa shape index (κ1) is 13.8. The number of piperazine rings is 1. The van der Waals surface area contributed by atoms with Crippen molar-refractivity contribution >= 4 is 39.6 Å². The van der Waals surface area contributed by atoms with Crippen LogP contribution in [-0.2, 0) is 0 Å². The van der Waals surface area contributed by atoms with Crippen molar-refractivity contribution in [3.8, 4) is 0 Å². The van der Waals surface area contributed by atoms with Crippen LogP contribution in [-0.4, -0.2) is 44.3 Å². The normalized spacial score (nSPS) is 17.6.